The van der Waals surface area contributed by atoms with E-state index < -0.39 is 10.0 Å². The van der Waals surface area contributed by atoms with Crippen molar-refractivity contribution in [2.24, 2.45) is 0 Å². The van der Waals surface area contributed by atoms with E-state index in [0.717, 1.165) is 32.2 Å². The molecular formula is C15H24N4O3S. The van der Waals surface area contributed by atoms with Crippen molar-refractivity contribution in [2.45, 2.75) is 18.9 Å². The van der Waals surface area contributed by atoms with Gasteiger partial charge in [0.15, 0.2) is 0 Å². The molecule has 0 bridgehead atoms. The number of rotatable bonds is 4. The summed E-state index contributed by atoms with van der Waals surface area (Å²) in [6.45, 7) is 1.99. The number of benzene rings is 1. The summed E-state index contributed by atoms with van der Waals surface area (Å²) in [4.78, 5) is 16.3. The summed E-state index contributed by atoms with van der Waals surface area (Å²) in [5, 5.41) is 2.84. The normalized spacial score (nSPS) is 16.8. The SMILES string of the molecule is CN1CCC(N(C)C(=O)Nc2ccc(NS(C)(=O)=O)cc2)CC1. The number of anilines is 2. The number of carbonyl (C=O) groups excluding carboxylic acids is 1. The standard InChI is InChI=1S/C15H24N4O3S/c1-18-10-8-14(9-11-18)19(2)15(20)16-12-4-6-13(7-5-12)17-23(3,21)22/h4-7,14,17H,8-11H2,1-3H3,(H,16,20). The maximum Gasteiger partial charge on any atom is 0.321 e. The highest BCUT2D eigenvalue weighted by atomic mass is 32.2. The summed E-state index contributed by atoms with van der Waals surface area (Å²) in [6, 6.07) is 6.68. The third-order valence-corrected chi connectivity index (χ3v) is 4.60. The van der Waals surface area contributed by atoms with Gasteiger partial charge in [-0.3, -0.25) is 4.72 Å². The van der Waals surface area contributed by atoms with Gasteiger partial charge in [-0.05, 0) is 57.2 Å². The first-order valence-electron chi connectivity index (χ1n) is 7.55. The van der Waals surface area contributed by atoms with E-state index in [1.54, 1.807) is 29.2 Å². The van der Waals surface area contributed by atoms with Crippen LogP contribution in [0.4, 0.5) is 16.2 Å². The number of nitrogens with one attached hydrogen (secondary N) is 2. The van der Waals surface area contributed by atoms with Crippen molar-refractivity contribution in [1.82, 2.24) is 9.80 Å². The largest absolute Gasteiger partial charge is 0.325 e. The fraction of sp³-hybridized carbons (Fsp3) is 0.533. The molecule has 1 fully saturated rings. The Morgan fingerprint density at radius 1 is 1.17 bits per heavy atom. The Kier molecular flexibility index (Phi) is 5.48. The van der Waals surface area contributed by atoms with Crippen LogP contribution in [-0.2, 0) is 10.0 Å². The van der Waals surface area contributed by atoms with Gasteiger partial charge in [0.1, 0.15) is 0 Å². The van der Waals surface area contributed by atoms with Crippen LogP contribution in [0.2, 0.25) is 0 Å². The number of carbonyl (C=O) groups is 1. The molecule has 1 aromatic rings. The van der Waals surface area contributed by atoms with E-state index in [0.29, 0.717) is 11.4 Å². The Balaban J connectivity index is 1.92. The molecule has 2 amide bonds. The van der Waals surface area contributed by atoms with E-state index in [1.807, 2.05) is 7.05 Å². The zero-order chi connectivity index (χ0) is 17.0. The molecule has 0 spiro atoms. The third-order valence-electron chi connectivity index (χ3n) is 4.00. The topological polar surface area (TPSA) is 81.8 Å². The molecule has 128 valence electrons. The first kappa shape index (κ1) is 17.6. The first-order chi connectivity index (χ1) is 10.7. The molecule has 0 unspecified atom stereocenters. The van der Waals surface area contributed by atoms with Crippen LogP contribution in [0, 0.1) is 0 Å². The van der Waals surface area contributed by atoms with Crippen molar-refractivity contribution in [1.29, 1.82) is 0 Å². The van der Waals surface area contributed by atoms with Crippen LogP contribution in [0.3, 0.4) is 0 Å². The second-order valence-electron chi connectivity index (χ2n) is 6.03. The van der Waals surface area contributed by atoms with Gasteiger partial charge in [-0.2, -0.15) is 0 Å². The molecule has 0 atom stereocenters. The highest BCUT2D eigenvalue weighted by Gasteiger charge is 2.23. The Morgan fingerprint density at radius 3 is 2.22 bits per heavy atom. The monoisotopic (exact) mass is 340 g/mol. The molecular weight excluding hydrogens is 316 g/mol. The van der Waals surface area contributed by atoms with Crippen molar-refractivity contribution in [3.63, 3.8) is 0 Å². The van der Waals surface area contributed by atoms with E-state index in [9.17, 15) is 13.2 Å². The third kappa shape index (κ3) is 5.40. The number of piperidine rings is 1. The molecule has 23 heavy (non-hydrogen) atoms. The molecule has 2 N–H and O–H groups in total. The van der Waals surface area contributed by atoms with Gasteiger partial charge in [0.25, 0.3) is 0 Å². The lowest BCUT2D eigenvalue weighted by molar-refractivity contribution is 0.156. The van der Waals surface area contributed by atoms with Gasteiger partial charge in [0.2, 0.25) is 10.0 Å². The van der Waals surface area contributed by atoms with Crippen molar-refractivity contribution in [2.75, 3.05) is 43.5 Å². The molecule has 0 radical (unpaired) electrons. The minimum absolute atomic E-state index is 0.150. The number of likely N-dealkylation sites (tertiary alicyclic amines) is 1. The summed E-state index contributed by atoms with van der Waals surface area (Å²) in [7, 11) is 0.601. The summed E-state index contributed by atoms with van der Waals surface area (Å²) in [6.07, 6.45) is 3.04. The lowest BCUT2D eigenvalue weighted by atomic mass is 10.0. The summed E-state index contributed by atoms with van der Waals surface area (Å²) < 4.78 is 24.7. The molecule has 0 saturated carbocycles. The molecule has 2 rings (SSSR count). The Morgan fingerprint density at radius 2 is 1.70 bits per heavy atom. The van der Waals surface area contributed by atoms with Gasteiger partial charge in [-0.1, -0.05) is 0 Å². The maximum atomic E-state index is 12.3. The molecule has 0 aromatic heterocycles. The van der Waals surface area contributed by atoms with Crippen LogP contribution in [0.5, 0.6) is 0 Å². The fourth-order valence-electron chi connectivity index (χ4n) is 2.60. The van der Waals surface area contributed by atoms with Crippen LogP contribution in [0.15, 0.2) is 24.3 Å². The average molecular weight is 340 g/mol. The number of urea groups is 1. The molecule has 7 nitrogen and oxygen atoms in total. The number of hydrogen-bond acceptors (Lipinski definition) is 4. The van der Waals surface area contributed by atoms with Crippen molar-refractivity contribution >= 4 is 27.4 Å². The van der Waals surface area contributed by atoms with Crippen LogP contribution in [0.25, 0.3) is 0 Å². The van der Waals surface area contributed by atoms with Crippen molar-refractivity contribution in [3.05, 3.63) is 24.3 Å². The molecule has 1 aliphatic rings. The first-order valence-corrected chi connectivity index (χ1v) is 9.44. The second kappa shape index (κ2) is 7.18. The fourth-order valence-corrected chi connectivity index (χ4v) is 3.16. The Bertz CT molecular complexity index is 637. The van der Waals surface area contributed by atoms with E-state index >= 15 is 0 Å². The molecule has 8 heteroatoms. The van der Waals surface area contributed by atoms with Gasteiger partial charge in [0.05, 0.1) is 6.26 Å². The molecule has 1 heterocycles. The van der Waals surface area contributed by atoms with E-state index in [1.165, 1.54) is 0 Å². The van der Waals surface area contributed by atoms with E-state index in [2.05, 4.69) is 22.0 Å². The van der Waals surface area contributed by atoms with Crippen LogP contribution < -0.4 is 10.0 Å². The summed E-state index contributed by atoms with van der Waals surface area (Å²) in [5.41, 5.74) is 1.10. The highest BCUT2D eigenvalue weighted by molar-refractivity contribution is 7.92. The zero-order valence-electron chi connectivity index (χ0n) is 13.7. The number of nitrogens with zero attached hydrogens (tertiary/aromatic N) is 2. The van der Waals surface area contributed by atoms with Gasteiger partial charge >= 0.3 is 6.03 Å². The zero-order valence-corrected chi connectivity index (χ0v) is 14.6. The smallest absolute Gasteiger partial charge is 0.321 e. The predicted octanol–water partition coefficient (Wildman–Crippen LogP) is 1.62. The van der Waals surface area contributed by atoms with Gasteiger partial charge < -0.3 is 15.1 Å². The van der Waals surface area contributed by atoms with Crippen LogP contribution in [-0.4, -0.2) is 63.7 Å². The van der Waals surface area contributed by atoms with Gasteiger partial charge in [-0.15, -0.1) is 0 Å². The molecule has 1 saturated heterocycles. The quantitative estimate of drug-likeness (QED) is 0.872. The van der Waals surface area contributed by atoms with Crippen molar-refractivity contribution < 1.29 is 13.2 Å². The number of sulfonamides is 1. The van der Waals surface area contributed by atoms with E-state index in [-0.39, 0.29) is 12.1 Å². The minimum atomic E-state index is -3.30. The predicted molar refractivity (Wildman–Crippen MR) is 92.2 cm³/mol. The molecule has 0 aliphatic carbocycles. The molecule has 1 aromatic carbocycles. The maximum absolute atomic E-state index is 12.3. The Labute approximate surface area is 137 Å². The van der Waals surface area contributed by atoms with E-state index in [4.69, 9.17) is 0 Å². The number of amides is 2. The Hall–Kier alpha value is -1.80. The van der Waals surface area contributed by atoms with Crippen LogP contribution in [0.1, 0.15) is 12.8 Å². The lowest BCUT2D eigenvalue weighted by Gasteiger charge is -2.35. The van der Waals surface area contributed by atoms with Crippen molar-refractivity contribution in [3.8, 4) is 0 Å². The molecule has 1 aliphatic heterocycles. The average Bonchev–Trinajstić information content (AvgIpc) is 2.48. The summed E-state index contributed by atoms with van der Waals surface area (Å²) >= 11 is 0. The minimum Gasteiger partial charge on any atom is -0.325 e. The van der Waals surface area contributed by atoms with Gasteiger partial charge in [-0.25, -0.2) is 13.2 Å². The lowest BCUT2D eigenvalue weighted by Crippen LogP contribution is -2.46. The highest BCUT2D eigenvalue weighted by Crippen LogP contribution is 2.17. The summed E-state index contributed by atoms with van der Waals surface area (Å²) in [5.74, 6) is 0. The number of hydrogen-bond donors (Lipinski definition) is 2. The second-order valence-corrected chi connectivity index (χ2v) is 7.78. The van der Waals surface area contributed by atoms with Gasteiger partial charge in [0, 0.05) is 24.5 Å². The van der Waals surface area contributed by atoms with Crippen LogP contribution >= 0.6 is 0 Å².